The van der Waals surface area contributed by atoms with E-state index >= 15 is 0 Å². The molecule has 25 heavy (non-hydrogen) atoms. The van der Waals surface area contributed by atoms with Crippen LogP contribution in [0.25, 0.3) is 0 Å². The number of carbonyl (C=O) groups is 1. The Kier molecular flexibility index (Phi) is 5.28. The molecular formula is C19H25N3O3. The van der Waals surface area contributed by atoms with E-state index in [1.807, 2.05) is 31.2 Å². The second-order valence-corrected chi connectivity index (χ2v) is 6.33. The van der Waals surface area contributed by atoms with Gasteiger partial charge in [0.1, 0.15) is 11.5 Å². The van der Waals surface area contributed by atoms with E-state index in [9.17, 15) is 4.79 Å². The van der Waals surface area contributed by atoms with Crippen LogP contribution in [0.5, 0.6) is 0 Å². The molecule has 6 heteroatoms. The van der Waals surface area contributed by atoms with Gasteiger partial charge >= 0.3 is 6.03 Å². The van der Waals surface area contributed by atoms with Gasteiger partial charge in [-0.1, -0.05) is 6.07 Å². The molecule has 0 spiro atoms. The highest BCUT2D eigenvalue weighted by Gasteiger charge is 2.22. The van der Waals surface area contributed by atoms with Crippen LogP contribution >= 0.6 is 0 Å². The van der Waals surface area contributed by atoms with Gasteiger partial charge in [0.2, 0.25) is 0 Å². The molecule has 0 saturated heterocycles. The number of hydrogen-bond acceptors (Lipinski definition) is 4. The monoisotopic (exact) mass is 343 g/mol. The minimum Gasteiger partial charge on any atom is -0.464 e. The van der Waals surface area contributed by atoms with E-state index in [0.717, 1.165) is 30.2 Å². The molecule has 1 N–H and O–H groups in total. The van der Waals surface area contributed by atoms with Crippen molar-refractivity contribution in [1.29, 1.82) is 0 Å². The maximum absolute atomic E-state index is 12.8. The molecule has 2 aromatic rings. The molecule has 0 atom stereocenters. The molecule has 1 aliphatic rings. The Morgan fingerprint density at radius 1 is 1.36 bits per heavy atom. The molecule has 1 aromatic heterocycles. The minimum atomic E-state index is -0.144. The molecule has 0 saturated carbocycles. The number of aryl methyl sites for hydroxylation is 1. The average Bonchev–Trinajstić information content (AvgIpc) is 3.18. The summed E-state index contributed by atoms with van der Waals surface area (Å²) in [7, 11) is 3.70. The summed E-state index contributed by atoms with van der Waals surface area (Å²) < 4.78 is 10.8. The van der Waals surface area contributed by atoms with Crippen molar-refractivity contribution in [3.63, 3.8) is 0 Å². The molecule has 0 radical (unpaired) electrons. The fourth-order valence-corrected chi connectivity index (χ4v) is 3.12. The highest BCUT2D eigenvalue weighted by Crippen LogP contribution is 2.32. The third-order valence-corrected chi connectivity index (χ3v) is 4.50. The highest BCUT2D eigenvalue weighted by molar-refractivity contribution is 5.91. The quantitative estimate of drug-likeness (QED) is 0.875. The first-order valence-electron chi connectivity index (χ1n) is 8.51. The Balaban J connectivity index is 1.74. The molecular weight excluding hydrogens is 318 g/mol. The second kappa shape index (κ2) is 7.61. The third-order valence-electron chi connectivity index (χ3n) is 4.50. The molecule has 6 nitrogen and oxygen atoms in total. The molecule has 2 heterocycles. The molecule has 1 aliphatic heterocycles. The van der Waals surface area contributed by atoms with Crippen LogP contribution in [0.1, 0.15) is 17.1 Å². The number of benzene rings is 1. The van der Waals surface area contributed by atoms with Gasteiger partial charge in [-0.15, -0.1) is 0 Å². The van der Waals surface area contributed by atoms with Gasteiger partial charge in [-0.05, 0) is 37.6 Å². The van der Waals surface area contributed by atoms with E-state index in [4.69, 9.17) is 9.15 Å². The van der Waals surface area contributed by atoms with Crippen molar-refractivity contribution in [1.82, 2.24) is 4.90 Å². The van der Waals surface area contributed by atoms with Crippen LogP contribution < -0.4 is 10.2 Å². The molecule has 3 rings (SSSR count). The lowest BCUT2D eigenvalue weighted by molar-refractivity contribution is 0.149. The van der Waals surface area contributed by atoms with Crippen molar-refractivity contribution >= 4 is 17.4 Å². The summed E-state index contributed by atoms with van der Waals surface area (Å²) in [5.74, 6) is 1.60. The lowest BCUT2D eigenvalue weighted by Crippen LogP contribution is -2.37. The smallest absolute Gasteiger partial charge is 0.322 e. The van der Waals surface area contributed by atoms with E-state index in [0.29, 0.717) is 19.7 Å². The molecule has 0 fully saturated rings. The zero-order valence-corrected chi connectivity index (χ0v) is 15.0. The minimum absolute atomic E-state index is 0.144. The standard InChI is InChI=1S/C19H25N3O3/c1-14-7-8-15(25-14)13-22(11-12-24-3)19(23)20-17-5-4-6-18-16(17)9-10-21(18)2/h4-8H,9-13H2,1-3H3,(H,20,23). The Hall–Kier alpha value is -2.47. The van der Waals surface area contributed by atoms with Gasteiger partial charge in [-0.3, -0.25) is 0 Å². The molecule has 1 aromatic carbocycles. The van der Waals surface area contributed by atoms with Crippen LogP contribution in [0.15, 0.2) is 34.7 Å². The van der Waals surface area contributed by atoms with Gasteiger partial charge in [0.15, 0.2) is 0 Å². The predicted molar refractivity (Wildman–Crippen MR) is 98.2 cm³/mol. The van der Waals surface area contributed by atoms with Gasteiger partial charge in [0.25, 0.3) is 0 Å². The summed E-state index contributed by atoms with van der Waals surface area (Å²) in [5.41, 5.74) is 3.26. The van der Waals surface area contributed by atoms with Gasteiger partial charge < -0.3 is 24.3 Å². The first-order chi connectivity index (χ1) is 12.1. The summed E-state index contributed by atoms with van der Waals surface area (Å²) in [6.07, 6.45) is 0.942. The summed E-state index contributed by atoms with van der Waals surface area (Å²) in [6.45, 7) is 4.26. The van der Waals surface area contributed by atoms with Gasteiger partial charge in [0.05, 0.1) is 13.2 Å². The van der Waals surface area contributed by atoms with E-state index < -0.39 is 0 Å². The Morgan fingerprint density at radius 2 is 2.20 bits per heavy atom. The predicted octanol–water partition coefficient (Wildman–Crippen LogP) is 3.26. The third kappa shape index (κ3) is 3.96. The Labute approximate surface area is 148 Å². The van der Waals surface area contributed by atoms with Crippen molar-refractivity contribution in [3.8, 4) is 0 Å². The van der Waals surface area contributed by atoms with Gasteiger partial charge in [0, 0.05) is 44.2 Å². The van der Waals surface area contributed by atoms with Crippen LogP contribution in [0.3, 0.4) is 0 Å². The van der Waals surface area contributed by atoms with E-state index in [1.54, 1.807) is 12.0 Å². The van der Waals surface area contributed by atoms with Crippen LogP contribution in [0.2, 0.25) is 0 Å². The molecule has 134 valence electrons. The Bertz CT molecular complexity index is 741. The zero-order valence-electron chi connectivity index (χ0n) is 15.0. The van der Waals surface area contributed by atoms with Crippen molar-refractivity contribution < 1.29 is 13.9 Å². The largest absolute Gasteiger partial charge is 0.464 e. The number of furan rings is 1. The van der Waals surface area contributed by atoms with Crippen molar-refractivity contribution in [2.24, 2.45) is 0 Å². The summed E-state index contributed by atoms with van der Waals surface area (Å²) in [6, 6.07) is 9.69. The van der Waals surface area contributed by atoms with Crippen LogP contribution in [-0.4, -0.2) is 44.8 Å². The number of rotatable bonds is 6. The zero-order chi connectivity index (χ0) is 17.8. The average molecular weight is 343 g/mol. The number of nitrogens with one attached hydrogen (secondary N) is 1. The molecule has 0 unspecified atom stereocenters. The summed E-state index contributed by atoms with van der Waals surface area (Å²) in [4.78, 5) is 16.7. The molecule has 2 amide bonds. The lowest BCUT2D eigenvalue weighted by atomic mass is 10.1. The van der Waals surface area contributed by atoms with Crippen LogP contribution in [0, 0.1) is 6.92 Å². The van der Waals surface area contributed by atoms with E-state index in [1.165, 1.54) is 11.3 Å². The van der Waals surface area contributed by atoms with Crippen LogP contribution in [0.4, 0.5) is 16.2 Å². The number of carbonyl (C=O) groups excluding carboxylic acids is 1. The van der Waals surface area contributed by atoms with Gasteiger partial charge in [-0.2, -0.15) is 0 Å². The SMILES string of the molecule is COCCN(Cc1ccc(C)o1)C(=O)Nc1cccc2c1CCN2C. The number of ether oxygens (including phenoxy) is 1. The second-order valence-electron chi connectivity index (χ2n) is 6.33. The highest BCUT2D eigenvalue weighted by atomic mass is 16.5. The number of urea groups is 1. The fraction of sp³-hybridized carbons (Fsp3) is 0.421. The number of anilines is 2. The topological polar surface area (TPSA) is 58.0 Å². The number of fused-ring (bicyclic) bond motifs is 1. The number of hydrogen-bond donors (Lipinski definition) is 1. The number of amides is 2. The normalized spacial score (nSPS) is 13.0. The summed E-state index contributed by atoms with van der Waals surface area (Å²) in [5, 5.41) is 3.06. The number of nitrogens with zero attached hydrogens (tertiary/aromatic N) is 2. The van der Waals surface area contributed by atoms with Crippen molar-refractivity contribution in [2.45, 2.75) is 19.9 Å². The van der Waals surface area contributed by atoms with Gasteiger partial charge in [-0.25, -0.2) is 4.79 Å². The number of methoxy groups -OCH3 is 1. The van der Waals surface area contributed by atoms with Crippen LogP contribution in [-0.2, 0) is 17.7 Å². The first-order valence-corrected chi connectivity index (χ1v) is 8.51. The maximum atomic E-state index is 12.8. The van der Waals surface area contributed by atoms with E-state index in [2.05, 4.69) is 23.3 Å². The van der Waals surface area contributed by atoms with Crippen molar-refractivity contribution in [2.75, 3.05) is 44.1 Å². The van der Waals surface area contributed by atoms with Crippen molar-refractivity contribution in [3.05, 3.63) is 47.4 Å². The first kappa shape index (κ1) is 17.4. The molecule has 0 aliphatic carbocycles. The maximum Gasteiger partial charge on any atom is 0.322 e. The lowest BCUT2D eigenvalue weighted by Gasteiger charge is -2.23. The number of likely N-dealkylation sites (N-methyl/N-ethyl adjacent to an activating group) is 1. The Morgan fingerprint density at radius 3 is 2.92 bits per heavy atom. The van der Waals surface area contributed by atoms with E-state index in [-0.39, 0.29) is 6.03 Å². The fourth-order valence-electron chi connectivity index (χ4n) is 3.12. The molecule has 0 bridgehead atoms. The summed E-state index contributed by atoms with van der Waals surface area (Å²) >= 11 is 0.